The molecule has 9 heteroatoms. The Labute approximate surface area is 163 Å². The van der Waals surface area contributed by atoms with Gasteiger partial charge >= 0.3 is 0 Å². The van der Waals surface area contributed by atoms with Gasteiger partial charge in [0.25, 0.3) is 0 Å². The van der Waals surface area contributed by atoms with Gasteiger partial charge in [0.1, 0.15) is 30.3 Å². The van der Waals surface area contributed by atoms with Crippen molar-refractivity contribution in [2.24, 2.45) is 0 Å². The lowest BCUT2D eigenvalue weighted by Crippen LogP contribution is -2.53. The Morgan fingerprint density at radius 2 is 2.11 bits per heavy atom. The van der Waals surface area contributed by atoms with Crippen molar-refractivity contribution in [3.05, 3.63) is 41.2 Å². The average Bonchev–Trinajstić information content (AvgIpc) is 2.86. The third-order valence-electron chi connectivity index (χ3n) is 5.18. The van der Waals surface area contributed by atoms with Gasteiger partial charge in [-0.3, -0.25) is 0 Å². The molecule has 3 heterocycles. The SMILES string of the molecule is Oc1cccc(F)c1-c1c(F)c2c3c(ncnc3c1Cl)N1CCNC[C@H]1CO2. The minimum Gasteiger partial charge on any atom is -0.507 e. The van der Waals surface area contributed by atoms with E-state index in [1.165, 1.54) is 18.5 Å². The number of fused-ring (bicyclic) bond motifs is 2. The number of rotatable bonds is 1. The highest BCUT2D eigenvalue weighted by atomic mass is 35.5. The molecule has 2 aliphatic heterocycles. The largest absolute Gasteiger partial charge is 0.507 e. The highest BCUT2D eigenvalue weighted by Gasteiger charge is 2.34. The standard InChI is InChI=1S/C19H15ClF2N4O2/c20-15-13(12-10(21)2-1-3-11(12)27)16(22)18-14-17(15)24-8-25-19(14)26-5-4-23-6-9(26)7-28-18/h1-3,8-9,23,27H,4-7H2/t9-/m0/s1. The first-order chi connectivity index (χ1) is 13.6. The molecule has 0 aliphatic carbocycles. The maximum atomic E-state index is 15.6. The first-order valence-corrected chi connectivity index (χ1v) is 9.19. The minimum atomic E-state index is -0.846. The van der Waals surface area contributed by atoms with E-state index in [0.29, 0.717) is 24.3 Å². The Morgan fingerprint density at radius 3 is 2.93 bits per heavy atom. The van der Waals surface area contributed by atoms with Crippen LogP contribution in [0, 0.1) is 11.6 Å². The van der Waals surface area contributed by atoms with Gasteiger partial charge in [0.05, 0.1) is 27.5 Å². The summed E-state index contributed by atoms with van der Waals surface area (Å²) in [6, 6.07) is 3.69. The van der Waals surface area contributed by atoms with E-state index < -0.39 is 17.4 Å². The Hall–Kier alpha value is -2.71. The monoisotopic (exact) mass is 404 g/mol. The topological polar surface area (TPSA) is 70.5 Å². The van der Waals surface area contributed by atoms with Crippen LogP contribution in [-0.4, -0.2) is 47.4 Å². The summed E-state index contributed by atoms with van der Waals surface area (Å²) in [5.74, 6) is -1.60. The number of aromatic hydroxyl groups is 1. The van der Waals surface area contributed by atoms with Crippen LogP contribution in [0.25, 0.3) is 22.0 Å². The van der Waals surface area contributed by atoms with Crippen molar-refractivity contribution < 1.29 is 18.6 Å². The van der Waals surface area contributed by atoms with Crippen molar-refractivity contribution in [1.29, 1.82) is 0 Å². The number of phenols is 1. The summed E-state index contributed by atoms with van der Waals surface area (Å²) in [6.07, 6.45) is 1.35. The zero-order valence-corrected chi connectivity index (χ0v) is 15.3. The number of piperazine rings is 1. The molecule has 28 heavy (non-hydrogen) atoms. The normalized spacial score (nSPS) is 18.5. The molecule has 1 fully saturated rings. The van der Waals surface area contributed by atoms with Crippen molar-refractivity contribution in [3.8, 4) is 22.6 Å². The van der Waals surface area contributed by atoms with Crippen LogP contribution in [0.1, 0.15) is 0 Å². The van der Waals surface area contributed by atoms with Crippen LogP contribution < -0.4 is 15.0 Å². The van der Waals surface area contributed by atoms with E-state index in [1.807, 2.05) is 4.90 Å². The Bertz CT molecular complexity index is 1090. The second kappa shape index (κ2) is 6.42. The Balaban J connectivity index is 1.86. The van der Waals surface area contributed by atoms with Gasteiger partial charge in [-0.1, -0.05) is 17.7 Å². The predicted octanol–water partition coefficient (Wildman–Crippen LogP) is 3.10. The zero-order valence-electron chi connectivity index (χ0n) is 14.5. The molecule has 0 unspecified atom stereocenters. The van der Waals surface area contributed by atoms with Gasteiger partial charge in [-0.2, -0.15) is 0 Å². The average molecular weight is 405 g/mol. The molecule has 2 N–H and O–H groups in total. The maximum Gasteiger partial charge on any atom is 0.175 e. The molecule has 1 aromatic heterocycles. The zero-order chi connectivity index (χ0) is 19.4. The summed E-state index contributed by atoms with van der Waals surface area (Å²) in [4.78, 5) is 10.6. The number of ether oxygens (including phenoxy) is 1. The van der Waals surface area contributed by atoms with Crippen LogP contribution in [0.15, 0.2) is 24.5 Å². The number of nitrogens with one attached hydrogen (secondary N) is 1. The van der Waals surface area contributed by atoms with Crippen molar-refractivity contribution in [2.75, 3.05) is 31.1 Å². The molecule has 2 aliphatic rings. The summed E-state index contributed by atoms with van der Waals surface area (Å²) in [6.45, 7) is 2.32. The van der Waals surface area contributed by atoms with E-state index in [0.717, 1.165) is 12.6 Å². The van der Waals surface area contributed by atoms with Crippen LogP contribution in [0.4, 0.5) is 14.6 Å². The van der Waals surface area contributed by atoms with E-state index in [1.54, 1.807) is 0 Å². The molecule has 1 saturated heterocycles. The van der Waals surface area contributed by atoms with Crippen LogP contribution in [0.5, 0.6) is 11.5 Å². The highest BCUT2D eigenvalue weighted by molar-refractivity contribution is 6.38. The second-order valence-corrected chi connectivity index (χ2v) is 7.13. The van der Waals surface area contributed by atoms with Gasteiger partial charge in [-0.25, -0.2) is 18.7 Å². The van der Waals surface area contributed by atoms with E-state index in [-0.39, 0.29) is 40.1 Å². The number of benzene rings is 2. The molecule has 144 valence electrons. The van der Waals surface area contributed by atoms with E-state index >= 15 is 4.39 Å². The maximum absolute atomic E-state index is 15.6. The molecule has 1 atom stereocenters. The number of hydrogen-bond donors (Lipinski definition) is 2. The van der Waals surface area contributed by atoms with Gasteiger partial charge in [0.2, 0.25) is 0 Å². The lowest BCUT2D eigenvalue weighted by Gasteiger charge is -2.35. The number of aromatic nitrogens is 2. The first-order valence-electron chi connectivity index (χ1n) is 8.81. The quantitative estimate of drug-likeness (QED) is 0.649. The van der Waals surface area contributed by atoms with Gasteiger partial charge in [-0.05, 0) is 12.1 Å². The Morgan fingerprint density at radius 1 is 1.25 bits per heavy atom. The van der Waals surface area contributed by atoms with Crippen molar-refractivity contribution in [3.63, 3.8) is 0 Å². The number of phenolic OH excluding ortho intramolecular Hbond substituents is 1. The van der Waals surface area contributed by atoms with Gasteiger partial charge in [0, 0.05) is 25.2 Å². The van der Waals surface area contributed by atoms with Crippen LogP contribution in [-0.2, 0) is 0 Å². The summed E-state index contributed by atoms with van der Waals surface area (Å²) >= 11 is 6.48. The summed E-state index contributed by atoms with van der Waals surface area (Å²) in [5, 5.41) is 13.7. The van der Waals surface area contributed by atoms with E-state index in [4.69, 9.17) is 16.3 Å². The third kappa shape index (κ3) is 2.41. The summed E-state index contributed by atoms with van der Waals surface area (Å²) < 4.78 is 35.9. The highest BCUT2D eigenvalue weighted by Crippen LogP contribution is 2.48. The fraction of sp³-hybridized carbons (Fsp3) is 0.263. The molecular formula is C19H15ClF2N4O2. The Kier molecular flexibility index (Phi) is 3.99. The number of nitrogens with zero attached hydrogens (tertiary/aromatic N) is 3. The fourth-order valence-electron chi connectivity index (χ4n) is 3.89. The van der Waals surface area contributed by atoms with Crippen LogP contribution in [0.3, 0.4) is 0 Å². The molecule has 0 amide bonds. The summed E-state index contributed by atoms with van der Waals surface area (Å²) in [5.41, 5.74) is -0.349. The summed E-state index contributed by atoms with van der Waals surface area (Å²) in [7, 11) is 0. The van der Waals surface area contributed by atoms with E-state index in [2.05, 4.69) is 15.3 Å². The molecule has 6 nitrogen and oxygen atoms in total. The van der Waals surface area contributed by atoms with E-state index in [9.17, 15) is 9.50 Å². The molecule has 0 saturated carbocycles. The third-order valence-corrected chi connectivity index (χ3v) is 5.55. The fourth-order valence-corrected chi connectivity index (χ4v) is 4.21. The predicted molar refractivity (Wildman–Crippen MR) is 101 cm³/mol. The van der Waals surface area contributed by atoms with Crippen molar-refractivity contribution in [2.45, 2.75) is 6.04 Å². The molecule has 3 aromatic rings. The molecule has 5 rings (SSSR count). The lowest BCUT2D eigenvalue weighted by molar-refractivity contribution is 0.264. The molecule has 0 spiro atoms. The lowest BCUT2D eigenvalue weighted by atomic mass is 10.00. The number of anilines is 1. The number of halogens is 3. The molecular weight excluding hydrogens is 390 g/mol. The van der Waals surface area contributed by atoms with Crippen LogP contribution >= 0.6 is 11.6 Å². The smallest absolute Gasteiger partial charge is 0.175 e. The van der Waals surface area contributed by atoms with Crippen molar-refractivity contribution in [1.82, 2.24) is 15.3 Å². The van der Waals surface area contributed by atoms with Gasteiger partial charge in [0.15, 0.2) is 11.6 Å². The van der Waals surface area contributed by atoms with Gasteiger partial charge < -0.3 is 20.1 Å². The van der Waals surface area contributed by atoms with Crippen LogP contribution in [0.2, 0.25) is 5.02 Å². The molecule has 0 bridgehead atoms. The number of hydrogen-bond acceptors (Lipinski definition) is 6. The first kappa shape index (κ1) is 17.4. The molecule has 0 radical (unpaired) electrons. The van der Waals surface area contributed by atoms with Crippen molar-refractivity contribution >= 4 is 28.3 Å². The molecule has 2 aromatic carbocycles. The van der Waals surface area contributed by atoms with Gasteiger partial charge in [-0.15, -0.1) is 0 Å². The second-order valence-electron chi connectivity index (χ2n) is 6.75. The minimum absolute atomic E-state index is 0.0391.